The number of H-pyrrole nitrogens is 1. The van der Waals surface area contributed by atoms with Gasteiger partial charge in [0.1, 0.15) is 17.4 Å². The Morgan fingerprint density at radius 3 is 2.48 bits per heavy atom. The number of nitrogens with zero attached hydrogens (tertiary/aromatic N) is 3. The van der Waals surface area contributed by atoms with E-state index in [2.05, 4.69) is 15.3 Å². The molecule has 0 spiro atoms. The molecular weight excluding hydrogens is 335 g/mol. The van der Waals surface area contributed by atoms with Crippen molar-refractivity contribution in [2.24, 2.45) is 5.92 Å². The number of carbonyl (C=O) groups excluding carboxylic acids is 1. The maximum Gasteiger partial charge on any atom is 0.432 e. The Balaban J connectivity index is 1.94. The van der Waals surface area contributed by atoms with Gasteiger partial charge in [0.25, 0.3) is 0 Å². The van der Waals surface area contributed by atoms with Crippen LogP contribution < -0.4 is 5.32 Å². The van der Waals surface area contributed by atoms with Crippen LogP contribution in [-0.4, -0.2) is 15.9 Å². The average molecular weight is 347 g/mol. The molecule has 25 heavy (non-hydrogen) atoms. The first-order valence-corrected chi connectivity index (χ1v) is 7.11. The number of aromatic amines is 1. The van der Waals surface area contributed by atoms with Gasteiger partial charge in [-0.3, -0.25) is 4.79 Å². The van der Waals surface area contributed by atoms with Crippen molar-refractivity contribution in [1.29, 1.82) is 10.5 Å². The lowest BCUT2D eigenvalue weighted by Crippen LogP contribution is -2.31. The number of imidazole rings is 1. The number of rotatable bonds is 5. The van der Waals surface area contributed by atoms with Gasteiger partial charge in [0, 0.05) is 0 Å². The van der Waals surface area contributed by atoms with Crippen LogP contribution in [-0.2, 0) is 23.9 Å². The summed E-state index contributed by atoms with van der Waals surface area (Å²) in [6.45, 7) is -0.250. The summed E-state index contributed by atoms with van der Waals surface area (Å²) in [5.74, 6) is -1.68. The number of carbonyl (C=O) groups is 1. The Labute approximate surface area is 140 Å². The zero-order valence-electron chi connectivity index (χ0n) is 12.8. The number of halogens is 3. The van der Waals surface area contributed by atoms with Crippen molar-refractivity contribution in [3.8, 4) is 12.1 Å². The molecule has 0 aliphatic carbocycles. The summed E-state index contributed by atoms with van der Waals surface area (Å²) in [6.07, 6.45) is -3.78. The van der Waals surface area contributed by atoms with Crippen molar-refractivity contribution in [1.82, 2.24) is 15.3 Å². The molecule has 1 amide bonds. The van der Waals surface area contributed by atoms with E-state index < -0.39 is 23.7 Å². The topological polar surface area (TPSA) is 105 Å². The van der Waals surface area contributed by atoms with Crippen molar-refractivity contribution in [3.63, 3.8) is 0 Å². The fourth-order valence-corrected chi connectivity index (χ4v) is 2.04. The Morgan fingerprint density at radius 1 is 1.28 bits per heavy atom. The van der Waals surface area contributed by atoms with Crippen LogP contribution in [0.15, 0.2) is 30.5 Å². The fourth-order valence-electron chi connectivity index (χ4n) is 2.04. The normalized spacial score (nSPS) is 12.0. The van der Waals surface area contributed by atoms with Crippen LogP contribution in [0.4, 0.5) is 13.2 Å². The van der Waals surface area contributed by atoms with E-state index in [1.54, 1.807) is 24.3 Å². The van der Waals surface area contributed by atoms with E-state index in [0.29, 0.717) is 17.3 Å². The molecule has 0 radical (unpaired) electrons. The monoisotopic (exact) mass is 347 g/mol. The number of alkyl halides is 3. The molecule has 1 aromatic carbocycles. The Morgan fingerprint density at radius 2 is 1.96 bits per heavy atom. The zero-order chi connectivity index (χ0) is 18.4. The van der Waals surface area contributed by atoms with Crippen LogP contribution in [0, 0.1) is 28.6 Å². The molecule has 0 aliphatic heterocycles. The highest BCUT2D eigenvalue weighted by molar-refractivity contribution is 5.81. The first-order chi connectivity index (χ1) is 11.8. The number of benzene rings is 1. The molecule has 0 aliphatic rings. The van der Waals surface area contributed by atoms with Gasteiger partial charge in [-0.25, -0.2) is 4.98 Å². The molecule has 0 bridgehead atoms. The van der Waals surface area contributed by atoms with Gasteiger partial charge < -0.3 is 10.3 Å². The van der Waals surface area contributed by atoms with Crippen LogP contribution in [0.1, 0.15) is 22.6 Å². The second kappa shape index (κ2) is 7.49. The molecule has 1 atom stereocenters. The third-order valence-electron chi connectivity index (χ3n) is 3.36. The van der Waals surface area contributed by atoms with Gasteiger partial charge in [-0.05, 0) is 24.1 Å². The minimum Gasteiger partial charge on any atom is -0.348 e. The van der Waals surface area contributed by atoms with Crippen LogP contribution in [0.2, 0.25) is 0 Å². The molecule has 0 saturated carbocycles. The predicted molar refractivity (Wildman–Crippen MR) is 79.4 cm³/mol. The second-order valence-corrected chi connectivity index (χ2v) is 5.15. The highest BCUT2D eigenvalue weighted by atomic mass is 19.4. The summed E-state index contributed by atoms with van der Waals surface area (Å²) < 4.78 is 37.4. The summed E-state index contributed by atoms with van der Waals surface area (Å²) in [5, 5.41) is 20.2. The van der Waals surface area contributed by atoms with E-state index in [0.717, 1.165) is 0 Å². The van der Waals surface area contributed by atoms with Crippen molar-refractivity contribution in [2.75, 3.05) is 0 Å². The summed E-state index contributed by atoms with van der Waals surface area (Å²) >= 11 is 0. The molecule has 0 saturated heterocycles. The second-order valence-electron chi connectivity index (χ2n) is 5.15. The predicted octanol–water partition coefficient (Wildman–Crippen LogP) is 2.30. The summed E-state index contributed by atoms with van der Waals surface area (Å²) in [4.78, 5) is 17.6. The third-order valence-corrected chi connectivity index (χ3v) is 3.36. The molecule has 1 aromatic heterocycles. The van der Waals surface area contributed by atoms with E-state index in [1.807, 2.05) is 12.1 Å². The molecule has 9 heteroatoms. The Hall–Kier alpha value is -3.33. The lowest BCUT2D eigenvalue weighted by molar-refractivity contribution is -0.140. The lowest BCUT2D eigenvalue weighted by atomic mass is 9.99. The van der Waals surface area contributed by atoms with E-state index in [9.17, 15) is 18.0 Å². The maximum absolute atomic E-state index is 12.5. The summed E-state index contributed by atoms with van der Waals surface area (Å²) in [7, 11) is 0. The highest BCUT2D eigenvalue weighted by Crippen LogP contribution is 2.27. The van der Waals surface area contributed by atoms with Crippen LogP contribution >= 0.6 is 0 Å². The molecule has 6 nitrogen and oxygen atoms in total. The summed E-state index contributed by atoms with van der Waals surface area (Å²) in [6, 6.07) is 10.2. The molecule has 1 heterocycles. The van der Waals surface area contributed by atoms with E-state index in [4.69, 9.17) is 10.5 Å². The van der Waals surface area contributed by atoms with Crippen molar-refractivity contribution in [2.45, 2.75) is 19.1 Å². The van der Waals surface area contributed by atoms with E-state index >= 15 is 0 Å². The van der Waals surface area contributed by atoms with Gasteiger partial charge in [0.15, 0.2) is 0 Å². The Bertz CT molecular complexity index is 827. The van der Waals surface area contributed by atoms with Gasteiger partial charge in [0.05, 0.1) is 30.4 Å². The summed E-state index contributed by atoms with van der Waals surface area (Å²) in [5.41, 5.74) is 0.143. The minimum absolute atomic E-state index is 0.0595. The number of hydrogen-bond acceptors (Lipinski definition) is 4. The lowest BCUT2D eigenvalue weighted by Gasteiger charge is -2.09. The van der Waals surface area contributed by atoms with Crippen LogP contribution in [0.25, 0.3) is 0 Å². The number of aromatic nitrogens is 2. The zero-order valence-corrected chi connectivity index (χ0v) is 12.8. The smallest absolute Gasteiger partial charge is 0.348 e. The fraction of sp³-hybridized carbons (Fsp3) is 0.250. The molecule has 2 aromatic rings. The van der Waals surface area contributed by atoms with E-state index in [1.165, 1.54) is 0 Å². The highest BCUT2D eigenvalue weighted by Gasteiger charge is 2.33. The average Bonchev–Trinajstić information content (AvgIpc) is 3.07. The van der Waals surface area contributed by atoms with Crippen molar-refractivity contribution in [3.05, 3.63) is 53.1 Å². The molecule has 1 unspecified atom stereocenters. The van der Waals surface area contributed by atoms with Gasteiger partial charge in [-0.2, -0.15) is 23.7 Å². The maximum atomic E-state index is 12.5. The molecule has 2 rings (SSSR count). The molecule has 2 N–H and O–H groups in total. The standard InChI is InChI=1S/C16H12F3N5O/c17-16(18,19)13-8-22-14(24-13)9-23-15(25)12(7-21)5-10-1-3-11(6-20)4-2-10/h1-4,8,12H,5,9H2,(H,22,24)(H,23,25). The van der Waals surface area contributed by atoms with Crippen LogP contribution in [0.5, 0.6) is 0 Å². The van der Waals surface area contributed by atoms with Crippen LogP contribution in [0.3, 0.4) is 0 Å². The first kappa shape index (κ1) is 18.0. The van der Waals surface area contributed by atoms with Gasteiger partial charge in [0.2, 0.25) is 5.91 Å². The minimum atomic E-state index is -4.54. The largest absolute Gasteiger partial charge is 0.432 e. The number of hydrogen-bond donors (Lipinski definition) is 2. The molecule has 128 valence electrons. The van der Waals surface area contributed by atoms with Gasteiger partial charge in [-0.1, -0.05) is 12.1 Å². The molecular formula is C16H12F3N5O. The molecule has 0 fully saturated rings. The van der Waals surface area contributed by atoms with Gasteiger partial charge >= 0.3 is 6.18 Å². The van der Waals surface area contributed by atoms with E-state index in [-0.39, 0.29) is 18.8 Å². The SMILES string of the molecule is N#Cc1ccc(CC(C#N)C(=O)NCc2ncc(C(F)(F)F)[nH]2)cc1. The first-order valence-electron chi connectivity index (χ1n) is 7.11. The van der Waals surface area contributed by atoms with Gasteiger partial charge in [-0.15, -0.1) is 0 Å². The number of nitriles is 2. The quantitative estimate of drug-likeness (QED) is 0.865. The number of nitrogens with one attached hydrogen (secondary N) is 2. The Kier molecular flexibility index (Phi) is 5.40. The number of amides is 1. The third kappa shape index (κ3) is 4.82. The van der Waals surface area contributed by atoms with Crippen molar-refractivity contribution >= 4 is 5.91 Å². The van der Waals surface area contributed by atoms with Crippen molar-refractivity contribution < 1.29 is 18.0 Å².